The molecule has 0 aliphatic rings. The molecule has 0 amide bonds. The Morgan fingerprint density at radius 2 is 2.36 bits per heavy atom. The third-order valence-electron chi connectivity index (χ3n) is 1.91. The first kappa shape index (κ1) is 11.1. The lowest BCUT2D eigenvalue weighted by Crippen LogP contribution is -1.96. The van der Waals surface area contributed by atoms with Crippen LogP contribution in [0.4, 0.5) is 0 Å². The van der Waals surface area contributed by atoms with Crippen molar-refractivity contribution in [2.24, 2.45) is 7.05 Å². The first-order valence-electron chi connectivity index (χ1n) is 4.36. The Morgan fingerprint density at radius 1 is 1.64 bits per heavy atom. The van der Waals surface area contributed by atoms with Crippen LogP contribution in [0.1, 0.15) is 17.7 Å². The van der Waals surface area contributed by atoms with E-state index in [0.717, 1.165) is 11.3 Å². The number of hydrogen-bond donors (Lipinski definition) is 0. The maximum atomic E-state index is 6.01. The second-order valence-electron chi connectivity index (χ2n) is 2.99. The van der Waals surface area contributed by atoms with Crippen molar-refractivity contribution in [3.63, 3.8) is 0 Å². The monoisotopic (exact) mass is 212 g/mol. The summed E-state index contributed by atoms with van der Waals surface area (Å²) >= 11 is 6.01. The van der Waals surface area contributed by atoms with Crippen molar-refractivity contribution in [3.8, 4) is 12.3 Å². The van der Waals surface area contributed by atoms with Gasteiger partial charge in [0.05, 0.1) is 18.9 Å². The quantitative estimate of drug-likeness (QED) is 0.563. The van der Waals surface area contributed by atoms with Gasteiger partial charge in [0, 0.05) is 19.0 Å². The fraction of sp³-hybridized carbons (Fsp3) is 0.500. The molecule has 3 nitrogen and oxygen atoms in total. The van der Waals surface area contributed by atoms with E-state index in [0.29, 0.717) is 24.8 Å². The second kappa shape index (κ2) is 5.04. The molecule has 1 rings (SSSR count). The molecule has 0 bridgehead atoms. The standard InChI is InChI=1S/C10H13ClN2O/c1-4-5-6-14-7-9-8(2)12-13(3)10(9)11/h1H,5-7H2,2-3H3. The van der Waals surface area contributed by atoms with Crippen molar-refractivity contribution in [2.75, 3.05) is 6.61 Å². The van der Waals surface area contributed by atoms with Crippen molar-refractivity contribution < 1.29 is 4.74 Å². The van der Waals surface area contributed by atoms with Crippen LogP contribution in [0.15, 0.2) is 0 Å². The summed E-state index contributed by atoms with van der Waals surface area (Å²) < 4.78 is 6.99. The highest BCUT2D eigenvalue weighted by Gasteiger charge is 2.10. The molecule has 0 spiro atoms. The molecule has 0 N–H and O–H groups in total. The number of nitrogens with zero attached hydrogens (tertiary/aromatic N) is 2. The molecule has 1 aromatic rings. The maximum Gasteiger partial charge on any atom is 0.132 e. The van der Waals surface area contributed by atoms with E-state index >= 15 is 0 Å². The second-order valence-corrected chi connectivity index (χ2v) is 3.34. The molecule has 0 radical (unpaired) electrons. The fourth-order valence-electron chi connectivity index (χ4n) is 1.14. The Labute approximate surface area is 89.0 Å². The van der Waals surface area contributed by atoms with E-state index in [1.165, 1.54) is 0 Å². The molecule has 4 heteroatoms. The fourth-order valence-corrected chi connectivity index (χ4v) is 1.37. The SMILES string of the molecule is C#CCCOCc1c(C)nn(C)c1Cl. The maximum absolute atomic E-state index is 6.01. The van der Waals surface area contributed by atoms with Gasteiger partial charge >= 0.3 is 0 Å². The molecule has 0 aliphatic heterocycles. The topological polar surface area (TPSA) is 27.1 Å². The third-order valence-corrected chi connectivity index (χ3v) is 2.38. The molecule has 76 valence electrons. The van der Waals surface area contributed by atoms with Crippen LogP contribution >= 0.6 is 11.6 Å². The minimum atomic E-state index is 0.472. The van der Waals surface area contributed by atoms with Gasteiger partial charge in [-0.3, -0.25) is 4.68 Å². The number of rotatable bonds is 4. The lowest BCUT2D eigenvalue weighted by molar-refractivity contribution is 0.126. The molecule has 1 aromatic heterocycles. The number of hydrogen-bond acceptors (Lipinski definition) is 2. The van der Waals surface area contributed by atoms with Crippen molar-refractivity contribution in [3.05, 3.63) is 16.4 Å². The minimum Gasteiger partial charge on any atom is -0.376 e. The summed E-state index contributed by atoms with van der Waals surface area (Å²) in [6.07, 6.45) is 5.72. The molecule has 14 heavy (non-hydrogen) atoms. The Hall–Kier alpha value is -0.980. The molecular formula is C10H13ClN2O. The molecule has 0 saturated heterocycles. The summed E-state index contributed by atoms with van der Waals surface area (Å²) in [5.41, 5.74) is 1.84. The number of terminal acetylenes is 1. The summed E-state index contributed by atoms with van der Waals surface area (Å²) in [5, 5.41) is 4.80. The zero-order chi connectivity index (χ0) is 10.6. The van der Waals surface area contributed by atoms with Gasteiger partial charge in [0.15, 0.2) is 0 Å². The van der Waals surface area contributed by atoms with Gasteiger partial charge in [-0.15, -0.1) is 12.3 Å². The number of ether oxygens (including phenoxy) is 1. The molecule has 0 atom stereocenters. The Kier molecular flexibility index (Phi) is 3.99. The van der Waals surface area contributed by atoms with Crippen molar-refractivity contribution in [1.82, 2.24) is 9.78 Å². The van der Waals surface area contributed by atoms with Gasteiger partial charge in [0.25, 0.3) is 0 Å². The van der Waals surface area contributed by atoms with Crippen LogP contribution in [-0.2, 0) is 18.4 Å². The Balaban J connectivity index is 2.55. The van der Waals surface area contributed by atoms with E-state index in [2.05, 4.69) is 11.0 Å². The molecule has 0 aromatic carbocycles. The number of aromatic nitrogens is 2. The molecule has 0 unspecified atom stereocenters. The van der Waals surface area contributed by atoms with Crippen LogP contribution in [0.5, 0.6) is 0 Å². The minimum absolute atomic E-state index is 0.472. The highest BCUT2D eigenvalue weighted by Crippen LogP contribution is 2.19. The van der Waals surface area contributed by atoms with Crippen LogP contribution in [-0.4, -0.2) is 16.4 Å². The molecule has 0 fully saturated rings. The van der Waals surface area contributed by atoms with Crippen molar-refractivity contribution in [1.29, 1.82) is 0 Å². The van der Waals surface area contributed by atoms with Gasteiger partial charge in [0.2, 0.25) is 0 Å². The third kappa shape index (κ3) is 2.50. The van der Waals surface area contributed by atoms with Crippen molar-refractivity contribution in [2.45, 2.75) is 20.0 Å². The number of halogens is 1. The first-order chi connectivity index (χ1) is 6.66. The summed E-state index contributed by atoms with van der Waals surface area (Å²) in [7, 11) is 1.81. The summed E-state index contributed by atoms with van der Waals surface area (Å²) in [4.78, 5) is 0. The van der Waals surface area contributed by atoms with E-state index in [1.807, 2.05) is 6.92 Å². The van der Waals surface area contributed by atoms with Gasteiger partial charge in [-0.25, -0.2) is 0 Å². The molecular weight excluding hydrogens is 200 g/mol. The number of aryl methyl sites for hydroxylation is 2. The van der Waals surface area contributed by atoms with E-state index in [1.54, 1.807) is 11.7 Å². The predicted molar refractivity (Wildman–Crippen MR) is 56.1 cm³/mol. The largest absolute Gasteiger partial charge is 0.376 e. The average molecular weight is 213 g/mol. The summed E-state index contributed by atoms with van der Waals surface area (Å²) in [6, 6.07) is 0. The first-order valence-corrected chi connectivity index (χ1v) is 4.73. The van der Waals surface area contributed by atoms with Gasteiger partial charge < -0.3 is 4.74 Å². The van der Waals surface area contributed by atoms with E-state index < -0.39 is 0 Å². The highest BCUT2D eigenvalue weighted by atomic mass is 35.5. The summed E-state index contributed by atoms with van der Waals surface area (Å²) in [5.74, 6) is 2.51. The average Bonchev–Trinajstić information content (AvgIpc) is 2.38. The van der Waals surface area contributed by atoms with Crippen LogP contribution in [0, 0.1) is 19.3 Å². The predicted octanol–water partition coefficient (Wildman–Crippen LogP) is 1.92. The van der Waals surface area contributed by atoms with Crippen LogP contribution in [0.25, 0.3) is 0 Å². The van der Waals surface area contributed by atoms with Crippen LogP contribution in [0.2, 0.25) is 5.15 Å². The van der Waals surface area contributed by atoms with Crippen LogP contribution in [0.3, 0.4) is 0 Å². The van der Waals surface area contributed by atoms with Gasteiger partial charge in [-0.1, -0.05) is 11.6 Å². The van der Waals surface area contributed by atoms with Crippen molar-refractivity contribution >= 4 is 11.6 Å². The normalized spacial score (nSPS) is 10.1. The Bertz CT molecular complexity index is 352. The van der Waals surface area contributed by atoms with Gasteiger partial charge in [-0.2, -0.15) is 5.10 Å². The van der Waals surface area contributed by atoms with Crippen LogP contribution < -0.4 is 0 Å². The molecule has 1 heterocycles. The molecule has 0 saturated carbocycles. The Morgan fingerprint density at radius 3 is 2.86 bits per heavy atom. The summed E-state index contributed by atoms with van der Waals surface area (Å²) in [6.45, 7) is 2.94. The lowest BCUT2D eigenvalue weighted by Gasteiger charge is -2.01. The van der Waals surface area contributed by atoms with E-state index in [4.69, 9.17) is 22.8 Å². The smallest absolute Gasteiger partial charge is 0.132 e. The van der Waals surface area contributed by atoms with Gasteiger partial charge in [-0.05, 0) is 6.92 Å². The van der Waals surface area contributed by atoms with Gasteiger partial charge in [0.1, 0.15) is 5.15 Å². The molecule has 0 aliphatic carbocycles. The zero-order valence-electron chi connectivity index (χ0n) is 8.38. The lowest BCUT2D eigenvalue weighted by atomic mass is 10.3. The van der Waals surface area contributed by atoms with E-state index in [9.17, 15) is 0 Å². The highest BCUT2D eigenvalue weighted by molar-refractivity contribution is 6.30. The zero-order valence-corrected chi connectivity index (χ0v) is 9.14. The van der Waals surface area contributed by atoms with E-state index in [-0.39, 0.29) is 0 Å².